The van der Waals surface area contributed by atoms with E-state index in [-0.39, 0.29) is 13.1 Å². The topological polar surface area (TPSA) is 104 Å². The van der Waals surface area contributed by atoms with Crippen LogP contribution in [-0.4, -0.2) is 25.1 Å². The zero-order chi connectivity index (χ0) is 31.6. The maximum atomic E-state index is 16.0. The van der Waals surface area contributed by atoms with Crippen molar-refractivity contribution in [2.75, 3.05) is 24.9 Å². The number of nitrogens with two attached hydrogens (primary N) is 2. The number of pyridine rings is 1. The highest BCUT2D eigenvalue weighted by molar-refractivity contribution is 6.34. The van der Waals surface area contributed by atoms with Crippen LogP contribution in [0.2, 0.25) is 5.02 Å². The summed E-state index contributed by atoms with van der Waals surface area (Å²) in [6.07, 6.45) is -5.17. The summed E-state index contributed by atoms with van der Waals surface area (Å²) in [7, 11) is 2.98. The van der Waals surface area contributed by atoms with Crippen LogP contribution in [0.4, 0.5) is 33.5 Å². The van der Waals surface area contributed by atoms with Gasteiger partial charge in [0, 0.05) is 18.7 Å². The number of nitrogens with zero attached hydrogens (tertiary/aromatic N) is 2. The molecule has 4 aromatic rings. The number of rotatable bonds is 9. The fourth-order valence-corrected chi connectivity index (χ4v) is 4.85. The van der Waals surface area contributed by atoms with E-state index in [1.807, 2.05) is 0 Å². The lowest BCUT2D eigenvalue weighted by atomic mass is 9.97. The third-order valence-electron chi connectivity index (χ3n) is 6.76. The van der Waals surface area contributed by atoms with E-state index >= 15 is 8.78 Å². The molecule has 1 heterocycles. The van der Waals surface area contributed by atoms with E-state index < -0.39 is 68.2 Å². The zero-order valence-corrected chi connectivity index (χ0v) is 23.9. The molecule has 226 valence electrons. The van der Waals surface area contributed by atoms with Crippen molar-refractivity contribution in [3.8, 4) is 22.8 Å². The number of alkyl halides is 3. The maximum Gasteiger partial charge on any atom is 0.418 e. The number of methoxy groups -OCH3 is 2. The maximum absolute atomic E-state index is 16.0. The van der Waals surface area contributed by atoms with Gasteiger partial charge in [0.2, 0.25) is 0 Å². The summed E-state index contributed by atoms with van der Waals surface area (Å²) in [6, 6.07) is 14.4. The molecule has 7 nitrogen and oxygen atoms in total. The quantitative estimate of drug-likeness (QED) is 0.156. The average molecular weight is 621 g/mol. The van der Waals surface area contributed by atoms with Crippen molar-refractivity contribution in [2.45, 2.75) is 26.2 Å². The van der Waals surface area contributed by atoms with Crippen LogP contribution in [0.25, 0.3) is 11.3 Å². The molecule has 0 fully saturated rings. The number of primary amides is 1. The molecular formula is C30H26ClF5N4O3. The summed E-state index contributed by atoms with van der Waals surface area (Å²) in [5.41, 5.74) is 6.65. The van der Waals surface area contributed by atoms with Crippen LogP contribution in [0.3, 0.4) is 0 Å². The van der Waals surface area contributed by atoms with Gasteiger partial charge in [0.05, 0.1) is 47.3 Å². The van der Waals surface area contributed by atoms with E-state index in [1.54, 1.807) is 48.5 Å². The van der Waals surface area contributed by atoms with Gasteiger partial charge in [0.15, 0.2) is 17.5 Å². The van der Waals surface area contributed by atoms with Crippen molar-refractivity contribution in [3.63, 3.8) is 0 Å². The fraction of sp³-hybridized carbons (Fsp3) is 0.200. The van der Waals surface area contributed by atoms with Crippen LogP contribution in [0.15, 0.2) is 54.6 Å². The molecule has 0 bridgehead atoms. The van der Waals surface area contributed by atoms with Crippen molar-refractivity contribution >= 4 is 29.0 Å². The number of benzene rings is 3. The molecule has 4 N–H and O–H groups in total. The Morgan fingerprint density at radius 2 is 1.42 bits per heavy atom. The Balaban J connectivity index is 1.98. The molecule has 0 aliphatic carbocycles. The van der Waals surface area contributed by atoms with Crippen molar-refractivity contribution in [1.82, 2.24) is 4.98 Å². The SMILES string of the molecule is COc1ccc(CN(Cc2ccc(OC)cc2)c2nc(-c3c(Cl)cc(C(N)=O)c(N)c3F)c(C(F)(F)F)c(C)c2F)cc1. The third kappa shape index (κ3) is 6.43. The molecule has 0 saturated heterocycles. The molecule has 0 saturated carbocycles. The smallest absolute Gasteiger partial charge is 0.418 e. The average Bonchev–Trinajstić information content (AvgIpc) is 2.96. The van der Waals surface area contributed by atoms with Crippen molar-refractivity contribution in [3.05, 3.63) is 99.1 Å². The van der Waals surface area contributed by atoms with Gasteiger partial charge >= 0.3 is 6.18 Å². The highest BCUT2D eigenvalue weighted by atomic mass is 35.5. The lowest BCUT2D eigenvalue weighted by molar-refractivity contribution is -0.137. The summed E-state index contributed by atoms with van der Waals surface area (Å²) in [5, 5.41) is -0.618. The molecule has 43 heavy (non-hydrogen) atoms. The number of amides is 1. The van der Waals surface area contributed by atoms with Crippen LogP contribution < -0.4 is 25.8 Å². The molecule has 4 rings (SSSR count). The van der Waals surface area contributed by atoms with Gasteiger partial charge in [-0.15, -0.1) is 0 Å². The number of anilines is 2. The van der Waals surface area contributed by atoms with Gasteiger partial charge in [-0.05, 0) is 48.4 Å². The Labute approximate surface area is 248 Å². The first-order valence-electron chi connectivity index (χ1n) is 12.6. The second kappa shape index (κ2) is 12.3. The Bertz CT molecular complexity index is 1610. The van der Waals surface area contributed by atoms with E-state index in [4.69, 9.17) is 32.5 Å². The molecule has 1 amide bonds. The molecule has 0 spiro atoms. The van der Waals surface area contributed by atoms with Crippen LogP contribution in [-0.2, 0) is 19.3 Å². The molecule has 0 unspecified atom stereocenters. The van der Waals surface area contributed by atoms with E-state index in [0.717, 1.165) is 13.0 Å². The Hall–Kier alpha value is -4.58. The molecular weight excluding hydrogens is 595 g/mol. The predicted molar refractivity (Wildman–Crippen MR) is 153 cm³/mol. The highest BCUT2D eigenvalue weighted by Crippen LogP contribution is 2.45. The minimum Gasteiger partial charge on any atom is -0.497 e. The van der Waals surface area contributed by atoms with Gasteiger partial charge < -0.3 is 25.8 Å². The fourth-order valence-electron chi connectivity index (χ4n) is 4.57. The summed E-state index contributed by atoms with van der Waals surface area (Å²) in [4.78, 5) is 17.2. The molecule has 1 aromatic heterocycles. The lowest BCUT2D eigenvalue weighted by Crippen LogP contribution is -2.26. The van der Waals surface area contributed by atoms with Crippen molar-refractivity contribution in [1.29, 1.82) is 0 Å². The highest BCUT2D eigenvalue weighted by Gasteiger charge is 2.41. The first-order valence-corrected chi connectivity index (χ1v) is 13.0. The summed E-state index contributed by atoms with van der Waals surface area (Å²) < 4.78 is 85.1. The van der Waals surface area contributed by atoms with Crippen LogP contribution in [0, 0.1) is 18.6 Å². The number of carbonyl (C=O) groups is 1. The van der Waals surface area contributed by atoms with Crippen LogP contribution in [0.5, 0.6) is 11.5 Å². The van der Waals surface area contributed by atoms with Gasteiger partial charge in [-0.25, -0.2) is 13.8 Å². The largest absolute Gasteiger partial charge is 0.497 e. The number of aromatic nitrogens is 1. The number of carbonyl (C=O) groups excluding carboxylic acids is 1. The molecule has 0 atom stereocenters. The van der Waals surface area contributed by atoms with Gasteiger partial charge in [0.25, 0.3) is 5.91 Å². The molecule has 0 radical (unpaired) electrons. The summed E-state index contributed by atoms with van der Waals surface area (Å²) in [6.45, 7) is 0.894. The number of halogens is 6. The standard InChI is InChI=1S/C30H26ClF5N4O3/c1-15-23(30(34,35)36)27(22-21(31)12-20(28(38)41)26(37)25(22)33)39-29(24(15)32)40(13-16-4-8-18(42-2)9-5-16)14-17-6-10-19(43-3)11-7-17/h4-12H,13-14,37H2,1-3H3,(H2,38,41). The van der Waals surface area contributed by atoms with E-state index in [0.29, 0.717) is 22.6 Å². The van der Waals surface area contributed by atoms with Crippen molar-refractivity contribution in [2.24, 2.45) is 5.73 Å². The van der Waals surface area contributed by atoms with Gasteiger partial charge in [-0.2, -0.15) is 13.2 Å². The first-order chi connectivity index (χ1) is 20.3. The van der Waals surface area contributed by atoms with Gasteiger partial charge in [0.1, 0.15) is 11.5 Å². The Morgan fingerprint density at radius 3 is 1.84 bits per heavy atom. The van der Waals surface area contributed by atoms with Crippen molar-refractivity contribution < 1.29 is 36.2 Å². The normalized spacial score (nSPS) is 11.4. The first kappa shape index (κ1) is 31.4. The zero-order valence-electron chi connectivity index (χ0n) is 23.2. The number of nitrogen functional groups attached to an aromatic ring is 1. The minimum atomic E-state index is -5.17. The second-order valence-corrected chi connectivity index (χ2v) is 9.93. The van der Waals surface area contributed by atoms with E-state index in [2.05, 4.69) is 4.98 Å². The number of ether oxygens (including phenoxy) is 2. The predicted octanol–water partition coefficient (Wildman–Crippen LogP) is 6.91. The van der Waals surface area contributed by atoms with E-state index in [1.165, 1.54) is 19.1 Å². The molecule has 0 aliphatic rings. The minimum absolute atomic E-state index is 0.0108. The van der Waals surface area contributed by atoms with E-state index in [9.17, 15) is 18.0 Å². The Morgan fingerprint density at radius 1 is 0.930 bits per heavy atom. The summed E-state index contributed by atoms with van der Waals surface area (Å²) >= 11 is 6.21. The monoisotopic (exact) mass is 620 g/mol. The van der Waals surface area contributed by atoms with Crippen LogP contribution >= 0.6 is 11.6 Å². The van der Waals surface area contributed by atoms with Gasteiger partial charge in [-0.3, -0.25) is 4.79 Å². The second-order valence-electron chi connectivity index (χ2n) is 9.52. The molecule has 0 aliphatic heterocycles. The third-order valence-corrected chi connectivity index (χ3v) is 7.06. The lowest BCUT2D eigenvalue weighted by Gasteiger charge is -2.28. The van der Waals surface area contributed by atoms with Crippen LogP contribution in [0.1, 0.15) is 32.6 Å². The van der Waals surface area contributed by atoms with Gasteiger partial charge in [-0.1, -0.05) is 35.9 Å². The molecule has 3 aromatic carbocycles. The molecule has 13 heteroatoms. The number of hydrogen-bond donors (Lipinski definition) is 2. The number of hydrogen-bond acceptors (Lipinski definition) is 6. The summed E-state index contributed by atoms with van der Waals surface area (Å²) in [5.74, 6) is -3.24. The Kier molecular flexibility index (Phi) is 9.00.